The molecule has 5 nitrogen and oxygen atoms in total. The Kier molecular flexibility index (Phi) is 5.41. The van der Waals surface area contributed by atoms with Crippen LogP contribution in [0.15, 0.2) is 30.3 Å². The molecule has 0 aliphatic carbocycles. The Labute approximate surface area is 118 Å². The first-order valence-corrected chi connectivity index (χ1v) is 7.04. The lowest BCUT2D eigenvalue weighted by Gasteiger charge is -2.26. The van der Waals surface area contributed by atoms with Gasteiger partial charge in [0.05, 0.1) is 0 Å². The van der Waals surface area contributed by atoms with Crippen molar-refractivity contribution in [1.82, 2.24) is 10.2 Å². The van der Waals surface area contributed by atoms with Crippen molar-refractivity contribution in [2.75, 3.05) is 19.6 Å². The molecule has 1 N–H and O–H groups in total. The van der Waals surface area contributed by atoms with Gasteiger partial charge in [0.2, 0.25) is 5.91 Å². The Morgan fingerprint density at radius 2 is 1.80 bits per heavy atom. The molecular formula is C15H20N2O3. The number of nitrogens with zero attached hydrogens (tertiary/aromatic N) is 1. The van der Waals surface area contributed by atoms with Crippen LogP contribution in [0.25, 0.3) is 0 Å². The maximum atomic E-state index is 11.9. The summed E-state index contributed by atoms with van der Waals surface area (Å²) in [5.41, 5.74) is 0. The average molecular weight is 276 g/mol. The first-order valence-electron chi connectivity index (χ1n) is 7.04. The van der Waals surface area contributed by atoms with Crippen molar-refractivity contribution in [3.8, 4) is 5.75 Å². The maximum absolute atomic E-state index is 11.9. The molecule has 1 heterocycles. The molecule has 1 saturated heterocycles. The third-order valence-corrected chi connectivity index (χ3v) is 3.27. The molecule has 0 radical (unpaired) electrons. The number of carbonyl (C=O) groups is 2. The van der Waals surface area contributed by atoms with E-state index in [0.717, 1.165) is 25.9 Å². The monoisotopic (exact) mass is 276 g/mol. The van der Waals surface area contributed by atoms with Crippen molar-refractivity contribution >= 4 is 12.0 Å². The van der Waals surface area contributed by atoms with Crippen LogP contribution in [0.3, 0.4) is 0 Å². The Morgan fingerprint density at radius 3 is 2.50 bits per heavy atom. The van der Waals surface area contributed by atoms with Crippen LogP contribution in [-0.2, 0) is 4.79 Å². The molecule has 1 fully saturated rings. The first-order chi connectivity index (χ1) is 9.75. The summed E-state index contributed by atoms with van der Waals surface area (Å²) in [7, 11) is 0. The van der Waals surface area contributed by atoms with Gasteiger partial charge in [-0.05, 0) is 31.4 Å². The summed E-state index contributed by atoms with van der Waals surface area (Å²) in [5.74, 6) is 0.595. The van der Waals surface area contributed by atoms with E-state index >= 15 is 0 Å². The molecule has 0 spiro atoms. The fourth-order valence-corrected chi connectivity index (χ4v) is 2.20. The first kappa shape index (κ1) is 14.4. The number of nitrogens with one attached hydrogen (secondary N) is 1. The normalized spacial score (nSPS) is 14.7. The minimum absolute atomic E-state index is 0.102. The van der Waals surface area contributed by atoms with Crippen molar-refractivity contribution in [2.45, 2.75) is 25.7 Å². The molecule has 1 aliphatic heterocycles. The van der Waals surface area contributed by atoms with E-state index in [4.69, 9.17) is 4.74 Å². The van der Waals surface area contributed by atoms with Gasteiger partial charge in [-0.25, -0.2) is 4.79 Å². The Hall–Kier alpha value is -2.04. The molecular weight excluding hydrogens is 256 g/mol. The lowest BCUT2D eigenvalue weighted by atomic mass is 10.1. The van der Waals surface area contributed by atoms with Crippen LogP contribution >= 0.6 is 0 Å². The van der Waals surface area contributed by atoms with Gasteiger partial charge in [-0.3, -0.25) is 4.79 Å². The quantitative estimate of drug-likeness (QED) is 0.917. The van der Waals surface area contributed by atoms with Gasteiger partial charge >= 0.3 is 6.09 Å². The van der Waals surface area contributed by atoms with E-state index in [1.165, 1.54) is 6.42 Å². The number of para-hydroxylation sites is 1. The fraction of sp³-hybridized carbons (Fsp3) is 0.467. The predicted molar refractivity (Wildman–Crippen MR) is 75.5 cm³/mol. The zero-order valence-corrected chi connectivity index (χ0v) is 11.5. The number of rotatable bonds is 4. The number of piperidine rings is 1. The van der Waals surface area contributed by atoms with Crippen molar-refractivity contribution in [1.29, 1.82) is 0 Å². The van der Waals surface area contributed by atoms with Crippen LogP contribution in [0.5, 0.6) is 5.75 Å². The van der Waals surface area contributed by atoms with Crippen LogP contribution in [0, 0.1) is 0 Å². The van der Waals surface area contributed by atoms with Crippen molar-refractivity contribution in [3.63, 3.8) is 0 Å². The SMILES string of the molecule is O=C(NCCC(=O)N1CCCCC1)Oc1ccccc1. The van der Waals surface area contributed by atoms with E-state index in [9.17, 15) is 9.59 Å². The van der Waals surface area contributed by atoms with E-state index < -0.39 is 6.09 Å². The molecule has 0 bridgehead atoms. The van der Waals surface area contributed by atoms with E-state index in [1.54, 1.807) is 24.3 Å². The van der Waals surface area contributed by atoms with Gasteiger partial charge in [0.15, 0.2) is 0 Å². The van der Waals surface area contributed by atoms with Gasteiger partial charge in [0.1, 0.15) is 5.75 Å². The molecule has 1 aromatic carbocycles. The Balaban J connectivity index is 1.65. The molecule has 2 amide bonds. The highest BCUT2D eigenvalue weighted by Crippen LogP contribution is 2.10. The smallest absolute Gasteiger partial charge is 0.410 e. The lowest BCUT2D eigenvalue weighted by Crippen LogP contribution is -2.38. The highest BCUT2D eigenvalue weighted by Gasteiger charge is 2.16. The molecule has 0 unspecified atom stereocenters. The van der Waals surface area contributed by atoms with Gasteiger partial charge in [-0.1, -0.05) is 18.2 Å². The topological polar surface area (TPSA) is 58.6 Å². The van der Waals surface area contributed by atoms with E-state index in [0.29, 0.717) is 18.7 Å². The highest BCUT2D eigenvalue weighted by atomic mass is 16.6. The van der Waals surface area contributed by atoms with Crippen LogP contribution < -0.4 is 10.1 Å². The highest BCUT2D eigenvalue weighted by molar-refractivity contribution is 5.77. The van der Waals surface area contributed by atoms with Gasteiger partial charge in [-0.15, -0.1) is 0 Å². The second kappa shape index (κ2) is 7.53. The van der Waals surface area contributed by atoms with E-state index in [2.05, 4.69) is 5.32 Å². The minimum Gasteiger partial charge on any atom is -0.410 e. The summed E-state index contributed by atoms with van der Waals surface area (Å²) in [6.45, 7) is 1.99. The number of carbonyl (C=O) groups excluding carboxylic acids is 2. The van der Waals surface area contributed by atoms with Crippen LogP contribution in [0.1, 0.15) is 25.7 Å². The Bertz CT molecular complexity index is 442. The summed E-state index contributed by atoms with van der Waals surface area (Å²) in [5, 5.41) is 2.59. The number of hydrogen-bond donors (Lipinski definition) is 1. The largest absolute Gasteiger partial charge is 0.412 e. The average Bonchev–Trinajstić information content (AvgIpc) is 2.49. The van der Waals surface area contributed by atoms with Crippen molar-refractivity contribution in [2.24, 2.45) is 0 Å². The molecule has 0 saturated carbocycles. The number of amides is 2. The molecule has 5 heteroatoms. The summed E-state index contributed by atoms with van der Waals surface area (Å²) in [6, 6.07) is 8.85. The fourth-order valence-electron chi connectivity index (χ4n) is 2.20. The maximum Gasteiger partial charge on any atom is 0.412 e. The minimum atomic E-state index is -0.525. The summed E-state index contributed by atoms with van der Waals surface area (Å²) >= 11 is 0. The Morgan fingerprint density at radius 1 is 1.10 bits per heavy atom. The molecule has 20 heavy (non-hydrogen) atoms. The zero-order valence-electron chi connectivity index (χ0n) is 11.5. The summed E-state index contributed by atoms with van der Waals surface area (Å²) in [6.07, 6.45) is 3.15. The molecule has 0 aromatic heterocycles. The molecule has 2 rings (SSSR count). The molecule has 0 atom stereocenters. The summed E-state index contributed by atoms with van der Waals surface area (Å²) < 4.78 is 5.07. The predicted octanol–water partition coefficient (Wildman–Crippen LogP) is 2.18. The number of benzene rings is 1. The van der Waals surface area contributed by atoms with Gasteiger partial charge in [0.25, 0.3) is 0 Å². The summed E-state index contributed by atoms with van der Waals surface area (Å²) in [4.78, 5) is 25.3. The van der Waals surface area contributed by atoms with Crippen molar-refractivity contribution < 1.29 is 14.3 Å². The second-order valence-corrected chi connectivity index (χ2v) is 4.82. The molecule has 108 valence electrons. The third kappa shape index (κ3) is 4.57. The molecule has 1 aromatic rings. The number of likely N-dealkylation sites (tertiary alicyclic amines) is 1. The number of ether oxygens (including phenoxy) is 1. The van der Waals surface area contributed by atoms with Gasteiger partial charge in [-0.2, -0.15) is 0 Å². The standard InChI is InChI=1S/C15H20N2O3/c18-14(17-11-5-2-6-12-17)9-10-16-15(19)20-13-7-3-1-4-8-13/h1,3-4,7-8H,2,5-6,9-12H2,(H,16,19). The second-order valence-electron chi connectivity index (χ2n) is 4.82. The van der Waals surface area contributed by atoms with Crippen LogP contribution in [0.2, 0.25) is 0 Å². The van der Waals surface area contributed by atoms with Crippen LogP contribution in [-0.4, -0.2) is 36.5 Å². The van der Waals surface area contributed by atoms with Crippen LogP contribution in [0.4, 0.5) is 4.79 Å². The zero-order chi connectivity index (χ0) is 14.2. The van der Waals surface area contributed by atoms with Gasteiger partial charge in [0, 0.05) is 26.1 Å². The van der Waals surface area contributed by atoms with Gasteiger partial charge < -0.3 is 15.0 Å². The molecule has 1 aliphatic rings. The lowest BCUT2D eigenvalue weighted by molar-refractivity contribution is -0.131. The number of hydrogen-bond acceptors (Lipinski definition) is 3. The van der Waals surface area contributed by atoms with Crippen molar-refractivity contribution in [3.05, 3.63) is 30.3 Å². The van der Waals surface area contributed by atoms with E-state index in [1.807, 2.05) is 11.0 Å². The third-order valence-electron chi connectivity index (χ3n) is 3.27. The van der Waals surface area contributed by atoms with E-state index in [-0.39, 0.29) is 5.91 Å².